The predicted octanol–water partition coefficient (Wildman–Crippen LogP) is 2.30. The third-order valence-corrected chi connectivity index (χ3v) is 3.80. The lowest BCUT2D eigenvalue weighted by Gasteiger charge is -2.37. The average molecular weight is 286 g/mol. The number of hydrogen-bond acceptors (Lipinski definition) is 2. The Labute approximate surface area is 115 Å². The number of nitrogens with zero attached hydrogens (tertiary/aromatic N) is 1. The first kappa shape index (κ1) is 14.8. The van der Waals surface area contributed by atoms with Gasteiger partial charge in [0.1, 0.15) is 0 Å². The number of hydrogen-bond donors (Lipinski definition) is 1. The smallest absolute Gasteiger partial charge is 0.254 e. The van der Waals surface area contributed by atoms with E-state index in [4.69, 9.17) is 5.73 Å². The molecule has 2 N–H and O–H groups in total. The van der Waals surface area contributed by atoms with Crippen LogP contribution >= 0.6 is 0 Å². The summed E-state index contributed by atoms with van der Waals surface area (Å²) in [5, 5.41) is 0. The molecule has 2 rings (SSSR count). The van der Waals surface area contributed by atoms with E-state index >= 15 is 0 Å². The Kier molecular flexibility index (Phi) is 4.32. The van der Waals surface area contributed by atoms with Crippen molar-refractivity contribution in [1.29, 1.82) is 0 Å². The van der Waals surface area contributed by atoms with Crippen LogP contribution in [0.15, 0.2) is 12.1 Å². The molecular weight excluding hydrogens is 269 g/mol. The van der Waals surface area contributed by atoms with Crippen molar-refractivity contribution < 1.29 is 18.0 Å². The number of nitrogens with two attached hydrogens (primary N) is 1. The molecule has 1 aliphatic heterocycles. The predicted molar refractivity (Wildman–Crippen MR) is 68.6 cm³/mol. The first-order valence-corrected chi connectivity index (χ1v) is 6.59. The van der Waals surface area contributed by atoms with Crippen LogP contribution in [0.1, 0.15) is 30.1 Å². The fourth-order valence-electron chi connectivity index (χ4n) is 2.50. The van der Waals surface area contributed by atoms with E-state index in [2.05, 4.69) is 0 Å². The van der Waals surface area contributed by atoms with Gasteiger partial charge in [0, 0.05) is 18.2 Å². The quantitative estimate of drug-likeness (QED) is 0.848. The van der Waals surface area contributed by atoms with Crippen molar-refractivity contribution in [2.45, 2.75) is 25.8 Å². The van der Waals surface area contributed by atoms with E-state index in [1.807, 2.05) is 6.92 Å². The van der Waals surface area contributed by atoms with Gasteiger partial charge in [-0.2, -0.15) is 0 Å². The first-order valence-electron chi connectivity index (χ1n) is 6.59. The summed E-state index contributed by atoms with van der Waals surface area (Å²) in [5.74, 6) is -4.58. The van der Waals surface area contributed by atoms with Gasteiger partial charge in [0.25, 0.3) is 5.91 Å². The van der Waals surface area contributed by atoms with Crippen LogP contribution in [-0.4, -0.2) is 29.9 Å². The molecule has 20 heavy (non-hydrogen) atoms. The summed E-state index contributed by atoms with van der Waals surface area (Å²) in [6.07, 6.45) is 1.72. The molecule has 0 bridgehead atoms. The average Bonchev–Trinajstić information content (AvgIpc) is 2.44. The van der Waals surface area contributed by atoms with Crippen LogP contribution in [0, 0.1) is 23.4 Å². The zero-order chi connectivity index (χ0) is 14.9. The highest BCUT2D eigenvalue weighted by molar-refractivity contribution is 5.94. The SMILES string of the molecule is CC1CCC(CN)CN1C(=O)c1cc(F)c(F)c(F)c1. The summed E-state index contributed by atoms with van der Waals surface area (Å²) in [6.45, 7) is 2.79. The first-order chi connectivity index (χ1) is 9.43. The minimum absolute atomic E-state index is 0.0264. The second kappa shape index (κ2) is 5.83. The lowest BCUT2D eigenvalue weighted by molar-refractivity contribution is 0.0565. The molecule has 2 unspecified atom stereocenters. The van der Waals surface area contributed by atoms with Gasteiger partial charge in [-0.05, 0) is 44.4 Å². The van der Waals surface area contributed by atoms with E-state index in [1.165, 1.54) is 0 Å². The number of amides is 1. The molecule has 110 valence electrons. The molecular formula is C14H17F3N2O. The van der Waals surface area contributed by atoms with Crippen LogP contribution in [0.5, 0.6) is 0 Å². The summed E-state index contributed by atoms with van der Waals surface area (Å²) in [5.41, 5.74) is 5.44. The van der Waals surface area contributed by atoms with Crippen molar-refractivity contribution in [3.63, 3.8) is 0 Å². The van der Waals surface area contributed by atoms with Crippen LogP contribution in [0.2, 0.25) is 0 Å². The van der Waals surface area contributed by atoms with Gasteiger partial charge in [-0.25, -0.2) is 13.2 Å². The van der Waals surface area contributed by atoms with E-state index in [0.29, 0.717) is 13.1 Å². The summed E-state index contributed by atoms with van der Waals surface area (Å²) in [6, 6.07) is 1.44. The highest BCUT2D eigenvalue weighted by Gasteiger charge is 2.29. The van der Waals surface area contributed by atoms with Gasteiger partial charge >= 0.3 is 0 Å². The highest BCUT2D eigenvalue weighted by Crippen LogP contribution is 2.24. The largest absolute Gasteiger partial charge is 0.336 e. The minimum atomic E-state index is -1.56. The normalized spacial score (nSPS) is 22.9. The summed E-state index contributed by atoms with van der Waals surface area (Å²) in [7, 11) is 0. The Morgan fingerprint density at radius 3 is 2.45 bits per heavy atom. The fraction of sp³-hybridized carbons (Fsp3) is 0.500. The molecule has 0 spiro atoms. The van der Waals surface area contributed by atoms with Crippen LogP contribution in [0.4, 0.5) is 13.2 Å². The number of likely N-dealkylation sites (tertiary alicyclic amines) is 1. The molecule has 1 fully saturated rings. The van der Waals surface area contributed by atoms with Crippen molar-refractivity contribution in [2.24, 2.45) is 11.7 Å². The fourth-order valence-corrected chi connectivity index (χ4v) is 2.50. The van der Waals surface area contributed by atoms with Crippen LogP contribution in [-0.2, 0) is 0 Å². The summed E-state index contributed by atoms with van der Waals surface area (Å²) < 4.78 is 39.3. The minimum Gasteiger partial charge on any atom is -0.336 e. The maximum absolute atomic E-state index is 13.2. The second-order valence-corrected chi connectivity index (χ2v) is 5.24. The molecule has 1 amide bonds. The lowest BCUT2D eigenvalue weighted by atomic mass is 9.93. The van der Waals surface area contributed by atoms with Crippen molar-refractivity contribution in [3.8, 4) is 0 Å². The van der Waals surface area contributed by atoms with E-state index < -0.39 is 23.4 Å². The highest BCUT2D eigenvalue weighted by atomic mass is 19.2. The molecule has 3 nitrogen and oxygen atoms in total. The number of piperidine rings is 1. The molecule has 1 aromatic carbocycles. The van der Waals surface area contributed by atoms with Crippen molar-refractivity contribution in [3.05, 3.63) is 35.1 Å². The molecule has 0 aromatic heterocycles. The van der Waals surface area contributed by atoms with Crippen molar-refractivity contribution in [1.82, 2.24) is 4.90 Å². The Morgan fingerprint density at radius 1 is 1.30 bits per heavy atom. The Morgan fingerprint density at radius 2 is 1.90 bits per heavy atom. The third kappa shape index (κ3) is 2.80. The number of halogens is 3. The molecule has 0 saturated carbocycles. The van der Waals surface area contributed by atoms with Gasteiger partial charge in [-0.1, -0.05) is 0 Å². The number of carbonyl (C=O) groups is 1. The molecule has 2 atom stereocenters. The molecule has 0 aliphatic carbocycles. The summed E-state index contributed by atoms with van der Waals surface area (Å²) >= 11 is 0. The van der Waals surface area contributed by atoms with Crippen molar-refractivity contribution >= 4 is 5.91 Å². The maximum Gasteiger partial charge on any atom is 0.254 e. The van der Waals surface area contributed by atoms with Gasteiger partial charge in [-0.15, -0.1) is 0 Å². The Bertz CT molecular complexity index is 498. The van der Waals surface area contributed by atoms with Crippen molar-refractivity contribution in [2.75, 3.05) is 13.1 Å². The standard InChI is InChI=1S/C14H17F3N2O/c1-8-2-3-9(6-18)7-19(8)14(20)10-4-11(15)13(17)12(16)5-10/h4-5,8-9H,2-3,6-7,18H2,1H3. The van der Waals surface area contributed by atoms with Crippen LogP contribution in [0.3, 0.4) is 0 Å². The zero-order valence-corrected chi connectivity index (χ0v) is 11.2. The molecule has 1 saturated heterocycles. The third-order valence-electron chi connectivity index (χ3n) is 3.80. The van der Waals surface area contributed by atoms with E-state index in [0.717, 1.165) is 25.0 Å². The van der Waals surface area contributed by atoms with Gasteiger partial charge in [-0.3, -0.25) is 4.79 Å². The second-order valence-electron chi connectivity index (χ2n) is 5.24. The van der Waals surface area contributed by atoms with Crippen LogP contribution in [0.25, 0.3) is 0 Å². The van der Waals surface area contributed by atoms with E-state index in [1.54, 1.807) is 4.90 Å². The molecule has 6 heteroatoms. The van der Waals surface area contributed by atoms with Gasteiger partial charge in [0.05, 0.1) is 0 Å². The molecule has 1 heterocycles. The number of rotatable bonds is 2. The topological polar surface area (TPSA) is 46.3 Å². The molecule has 0 radical (unpaired) electrons. The lowest BCUT2D eigenvalue weighted by Crippen LogP contribution is -2.47. The molecule has 1 aliphatic rings. The van der Waals surface area contributed by atoms with Gasteiger partial charge in [0.2, 0.25) is 0 Å². The van der Waals surface area contributed by atoms with Gasteiger partial charge in [0.15, 0.2) is 17.5 Å². The molecule has 1 aromatic rings. The zero-order valence-electron chi connectivity index (χ0n) is 11.2. The maximum atomic E-state index is 13.2. The Balaban J connectivity index is 2.26. The van der Waals surface area contributed by atoms with E-state index in [9.17, 15) is 18.0 Å². The number of benzene rings is 1. The summed E-state index contributed by atoms with van der Waals surface area (Å²) in [4.78, 5) is 13.9. The Hall–Kier alpha value is -1.56. The van der Waals surface area contributed by atoms with E-state index in [-0.39, 0.29) is 17.5 Å². The number of carbonyl (C=O) groups excluding carboxylic acids is 1. The monoisotopic (exact) mass is 286 g/mol. The van der Waals surface area contributed by atoms with Gasteiger partial charge < -0.3 is 10.6 Å². The van der Waals surface area contributed by atoms with Crippen LogP contribution < -0.4 is 5.73 Å².